The van der Waals surface area contributed by atoms with Crippen LogP contribution in [0.3, 0.4) is 0 Å². The summed E-state index contributed by atoms with van der Waals surface area (Å²) in [6.07, 6.45) is 1.32. The Morgan fingerprint density at radius 2 is 2.32 bits per heavy atom. The molecule has 2 heterocycles. The van der Waals surface area contributed by atoms with E-state index in [-0.39, 0.29) is 17.6 Å². The van der Waals surface area contributed by atoms with Crippen LogP contribution in [0.25, 0.3) is 0 Å². The van der Waals surface area contributed by atoms with E-state index in [4.69, 9.17) is 4.74 Å². The van der Waals surface area contributed by atoms with Crippen molar-refractivity contribution in [1.29, 1.82) is 0 Å². The monoisotopic (exact) mass is 280 g/mol. The Morgan fingerprint density at radius 1 is 1.53 bits per heavy atom. The maximum absolute atomic E-state index is 11.7. The second-order valence-corrected chi connectivity index (χ2v) is 4.70. The van der Waals surface area contributed by atoms with E-state index in [2.05, 4.69) is 20.7 Å². The van der Waals surface area contributed by atoms with Crippen LogP contribution in [0, 0.1) is 6.92 Å². The minimum Gasteiger partial charge on any atom is -0.462 e. The number of nitrogens with one attached hydrogen (secondary N) is 2. The zero-order valence-electron chi connectivity index (χ0n) is 10.4. The van der Waals surface area contributed by atoms with Crippen molar-refractivity contribution in [3.05, 3.63) is 28.4 Å². The van der Waals surface area contributed by atoms with Gasteiger partial charge in [0.05, 0.1) is 17.8 Å². The standard InChI is InChI=1S/C11H12N4O3S/c1-3-18-11(17)9-6(2)4-8(19-9)13-10(16)7-5-12-15-14-7/h4-5H,3H2,1-2H3,(H,13,16)(H,12,14,15). The molecule has 2 rings (SSSR count). The summed E-state index contributed by atoms with van der Waals surface area (Å²) in [5.41, 5.74) is 0.947. The van der Waals surface area contributed by atoms with Crippen molar-refractivity contribution in [3.8, 4) is 0 Å². The fourth-order valence-corrected chi connectivity index (χ4v) is 2.39. The van der Waals surface area contributed by atoms with Crippen LogP contribution in [-0.2, 0) is 4.74 Å². The van der Waals surface area contributed by atoms with E-state index in [1.165, 1.54) is 17.5 Å². The summed E-state index contributed by atoms with van der Waals surface area (Å²) in [4.78, 5) is 23.9. The lowest BCUT2D eigenvalue weighted by Gasteiger charge is -1.99. The van der Waals surface area contributed by atoms with Gasteiger partial charge in [0.2, 0.25) is 0 Å². The highest BCUT2D eigenvalue weighted by atomic mass is 32.1. The molecule has 0 bridgehead atoms. The molecular formula is C11H12N4O3S. The first-order valence-corrected chi connectivity index (χ1v) is 6.38. The molecule has 1 amide bonds. The first kappa shape index (κ1) is 13.2. The van der Waals surface area contributed by atoms with Gasteiger partial charge in [0.1, 0.15) is 4.88 Å². The molecule has 8 heteroatoms. The topological polar surface area (TPSA) is 97.0 Å². The minimum absolute atomic E-state index is 0.184. The number of aryl methyl sites for hydroxylation is 1. The molecule has 0 aliphatic rings. The predicted octanol–water partition coefficient (Wildman–Crippen LogP) is 1.60. The Kier molecular flexibility index (Phi) is 3.91. The lowest BCUT2D eigenvalue weighted by Crippen LogP contribution is -2.11. The normalized spacial score (nSPS) is 10.2. The molecule has 0 aliphatic heterocycles. The Morgan fingerprint density at radius 3 is 2.95 bits per heavy atom. The average molecular weight is 280 g/mol. The van der Waals surface area contributed by atoms with Crippen molar-refractivity contribution in [2.24, 2.45) is 0 Å². The highest BCUT2D eigenvalue weighted by Crippen LogP contribution is 2.27. The lowest BCUT2D eigenvalue weighted by molar-refractivity contribution is 0.0531. The average Bonchev–Trinajstić information content (AvgIpc) is 2.99. The molecule has 0 aliphatic carbocycles. The molecule has 2 N–H and O–H groups in total. The molecule has 0 saturated heterocycles. The smallest absolute Gasteiger partial charge is 0.348 e. The highest BCUT2D eigenvalue weighted by molar-refractivity contribution is 7.18. The number of nitrogens with zero attached hydrogens (tertiary/aromatic N) is 2. The van der Waals surface area contributed by atoms with Gasteiger partial charge < -0.3 is 10.1 Å². The number of rotatable bonds is 4. The summed E-state index contributed by atoms with van der Waals surface area (Å²) in [6, 6.07) is 1.72. The first-order valence-electron chi connectivity index (χ1n) is 5.56. The van der Waals surface area contributed by atoms with Gasteiger partial charge in [0, 0.05) is 0 Å². The number of amides is 1. The number of carbonyl (C=O) groups is 2. The van der Waals surface area contributed by atoms with Crippen LogP contribution in [0.2, 0.25) is 0 Å². The fraction of sp³-hybridized carbons (Fsp3) is 0.273. The van der Waals surface area contributed by atoms with Crippen molar-refractivity contribution in [3.63, 3.8) is 0 Å². The van der Waals surface area contributed by atoms with Gasteiger partial charge in [-0.3, -0.25) is 4.79 Å². The highest BCUT2D eigenvalue weighted by Gasteiger charge is 2.17. The second kappa shape index (κ2) is 5.61. The molecule has 0 fully saturated rings. The van der Waals surface area contributed by atoms with Gasteiger partial charge in [0.25, 0.3) is 5.91 Å². The summed E-state index contributed by atoms with van der Waals surface area (Å²) in [5, 5.41) is 12.8. The largest absolute Gasteiger partial charge is 0.462 e. The van der Waals surface area contributed by atoms with Crippen LogP contribution in [0.5, 0.6) is 0 Å². The van der Waals surface area contributed by atoms with Gasteiger partial charge >= 0.3 is 5.97 Å². The van der Waals surface area contributed by atoms with Crippen molar-refractivity contribution < 1.29 is 14.3 Å². The number of thiophene rings is 1. The third kappa shape index (κ3) is 2.97. The zero-order valence-corrected chi connectivity index (χ0v) is 11.2. The van der Waals surface area contributed by atoms with Crippen LogP contribution >= 0.6 is 11.3 Å². The number of esters is 1. The van der Waals surface area contributed by atoms with Crippen molar-refractivity contribution >= 4 is 28.2 Å². The van der Waals surface area contributed by atoms with Crippen LogP contribution in [-0.4, -0.2) is 33.9 Å². The third-order valence-electron chi connectivity index (χ3n) is 2.26. The third-order valence-corrected chi connectivity index (χ3v) is 3.40. The van der Waals surface area contributed by atoms with E-state index in [1.807, 2.05) is 0 Å². The Balaban J connectivity index is 2.12. The van der Waals surface area contributed by atoms with Crippen molar-refractivity contribution in [1.82, 2.24) is 15.4 Å². The number of anilines is 1. The Bertz CT molecular complexity index is 591. The van der Waals surface area contributed by atoms with E-state index in [9.17, 15) is 9.59 Å². The van der Waals surface area contributed by atoms with Crippen LogP contribution in [0.4, 0.5) is 5.00 Å². The van der Waals surface area contributed by atoms with Gasteiger partial charge in [-0.1, -0.05) is 0 Å². The number of aromatic amines is 1. The first-order chi connectivity index (χ1) is 9.11. The molecule has 7 nitrogen and oxygen atoms in total. The maximum atomic E-state index is 11.7. The Hall–Kier alpha value is -2.22. The van der Waals surface area contributed by atoms with Gasteiger partial charge in [0.15, 0.2) is 5.69 Å². The molecule has 0 saturated carbocycles. The quantitative estimate of drug-likeness (QED) is 0.829. The number of hydrogen-bond acceptors (Lipinski definition) is 6. The molecule has 2 aromatic heterocycles. The van der Waals surface area contributed by atoms with Gasteiger partial charge in [-0.25, -0.2) is 4.79 Å². The lowest BCUT2D eigenvalue weighted by atomic mass is 10.3. The van der Waals surface area contributed by atoms with Crippen molar-refractivity contribution in [2.75, 3.05) is 11.9 Å². The van der Waals surface area contributed by atoms with Gasteiger partial charge in [-0.2, -0.15) is 15.4 Å². The summed E-state index contributed by atoms with van der Waals surface area (Å²) in [6.45, 7) is 3.85. The van der Waals surface area contributed by atoms with Gasteiger partial charge in [-0.15, -0.1) is 11.3 Å². The van der Waals surface area contributed by atoms with Gasteiger partial charge in [-0.05, 0) is 25.5 Å². The minimum atomic E-state index is -0.384. The fourth-order valence-electron chi connectivity index (χ4n) is 1.43. The van der Waals surface area contributed by atoms with Crippen molar-refractivity contribution in [2.45, 2.75) is 13.8 Å². The van der Waals surface area contributed by atoms with E-state index in [0.717, 1.165) is 5.56 Å². The molecular weight excluding hydrogens is 268 g/mol. The number of carbonyl (C=O) groups excluding carboxylic acids is 2. The zero-order chi connectivity index (χ0) is 13.8. The predicted molar refractivity (Wildman–Crippen MR) is 69.3 cm³/mol. The SMILES string of the molecule is CCOC(=O)c1sc(NC(=O)c2cn[nH]n2)cc1C. The number of aromatic nitrogens is 3. The van der Waals surface area contributed by atoms with Crippen LogP contribution < -0.4 is 5.32 Å². The molecule has 0 atom stereocenters. The molecule has 19 heavy (non-hydrogen) atoms. The summed E-state index contributed by atoms with van der Waals surface area (Å²) >= 11 is 1.17. The number of H-pyrrole nitrogens is 1. The molecule has 0 aromatic carbocycles. The van der Waals surface area contributed by atoms with Crippen LogP contribution in [0.15, 0.2) is 12.3 Å². The van der Waals surface area contributed by atoms with E-state index < -0.39 is 0 Å². The second-order valence-electron chi connectivity index (χ2n) is 3.65. The van der Waals surface area contributed by atoms with E-state index in [0.29, 0.717) is 16.5 Å². The number of hydrogen-bond donors (Lipinski definition) is 2. The molecule has 0 radical (unpaired) electrons. The summed E-state index contributed by atoms with van der Waals surface area (Å²) in [7, 11) is 0. The summed E-state index contributed by atoms with van der Waals surface area (Å²) in [5.74, 6) is -0.766. The van der Waals surface area contributed by atoms with E-state index in [1.54, 1.807) is 19.9 Å². The summed E-state index contributed by atoms with van der Waals surface area (Å²) < 4.78 is 4.93. The maximum Gasteiger partial charge on any atom is 0.348 e. The molecule has 0 unspecified atom stereocenters. The van der Waals surface area contributed by atoms with Crippen LogP contribution in [0.1, 0.15) is 32.6 Å². The van der Waals surface area contributed by atoms with E-state index >= 15 is 0 Å². The molecule has 100 valence electrons. The number of ether oxygens (including phenoxy) is 1. The molecule has 2 aromatic rings. The molecule has 0 spiro atoms. The Labute approximate surface area is 113 Å².